The van der Waals surface area contributed by atoms with Crippen LogP contribution in [0.1, 0.15) is 24.3 Å². The quantitative estimate of drug-likeness (QED) is 0.647. The van der Waals surface area contributed by atoms with Gasteiger partial charge in [0.15, 0.2) is 15.8 Å². The number of hydrogen-bond acceptors (Lipinski definition) is 4. The van der Waals surface area contributed by atoms with Crippen LogP contribution in [-0.2, 0) is 9.84 Å². The molecule has 2 aliphatic rings. The number of likely N-dealkylation sites (tertiary alicyclic amines) is 1. The van der Waals surface area contributed by atoms with E-state index in [9.17, 15) is 8.42 Å². The summed E-state index contributed by atoms with van der Waals surface area (Å²) in [5, 5.41) is 3.37. The normalized spacial score (nSPS) is 26.0. The molecule has 1 aromatic carbocycles. The molecule has 0 spiro atoms. The monoisotopic (exact) mass is 365 g/mol. The fourth-order valence-corrected chi connectivity index (χ4v) is 5.56. The van der Waals surface area contributed by atoms with Crippen LogP contribution in [0.5, 0.6) is 5.75 Å². The summed E-state index contributed by atoms with van der Waals surface area (Å²) in [6, 6.07) is 8.27. The van der Waals surface area contributed by atoms with E-state index in [0.717, 1.165) is 37.6 Å². The van der Waals surface area contributed by atoms with Gasteiger partial charge < -0.3 is 15.0 Å². The average Bonchev–Trinajstić information content (AvgIpc) is 3.22. The number of ether oxygens (including phenoxy) is 1. The lowest BCUT2D eigenvalue weighted by atomic mass is 9.98. The molecular formula is C18H27N3O3S. The minimum atomic E-state index is -2.82. The molecular weight excluding hydrogens is 338 g/mol. The van der Waals surface area contributed by atoms with Crippen LogP contribution in [0.4, 0.5) is 0 Å². The van der Waals surface area contributed by atoms with Gasteiger partial charge in [-0.15, -0.1) is 0 Å². The van der Waals surface area contributed by atoms with Crippen molar-refractivity contribution in [3.05, 3.63) is 29.8 Å². The van der Waals surface area contributed by atoms with Crippen molar-refractivity contribution in [1.29, 1.82) is 0 Å². The number of nitrogens with zero attached hydrogens (tertiary/aromatic N) is 2. The first-order chi connectivity index (χ1) is 12.0. The summed E-state index contributed by atoms with van der Waals surface area (Å²) >= 11 is 0. The number of benzene rings is 1. The minimum absolute atomic E-state index is 0.196. The Bertz CT molecular complexity index is 716. The lowest BCUT2D eigenvalue weighted by Crippen LogP contribution is -2.42. The first kappa shape index (κ1) is 18.0. The molecule has 2 saturated heterocycles. The van der Waals surface area contributed by atoms with Gasteiger partial charge in [-0.05, 0) is 36.5 Å². The second kappa shape index (κ2) is 7.64. The number of aliphatic imine (C=N–C) groups is 1. The Balaban J connectivity index is 1.54. The molecule has 0 radical (unpaired) electrons. The van der Waals surface area contributed by atoms with Crippen molar-refractivity contribution in [2.45, 2.75) is 18.8 Å². The fraction of sp³-hybridized carbons (Fsp3) is 0.611. The summed E-state index contributed by atoms with van der Waals surface area (Å²) in [7, 11) is 0.641. The van der Waals surface area contributed by atoms with Crippen molar-refractivity contribution in [1.82, 2.24) is 10.2 Å². The Morgan fingerprint density at radius 2 is 2.08 bits per heavy atom. The molecule has 138 valence electrons. The van der Waals surface area contributed by atoms with Crippen molar-refractivity contribution >= 4 is 15.8 Å². The zero-order chi connectivity index (χ0) is 17.9. The van der Waals surface area contributed by atoms with Crippen LogP contribution < -0.4 is 10.1 Å². The van der Waals surface area contributed by atoms with Gasteiger partial charge in [0.05, 0.1) is 18.6 Å². The lowest BCUT2D eigenvalue weighted by molar-refractivity contribution is 0.414. The first-order valence-electron chi connectivity index (χ1n) is 8.80. The molecule has 2 fully saturated rings. The van der Waals surface area contributed by atoms with Gasteiger partial charge in [0.25, 0.3) is 0 Å². The molecule has 1 N–H and O–H groups in total. The van der Waals surface area contributed by atoms with Crippen molar-refractivity contribution < 1.29 is 13.2 Å². The van der Waals surface area contributed by atoms with Crippen LogP contribution in [0, 0.1) is 5.92 Å². The van der Waals surface area contributed by atoms with E-state index in [0.29, 0.717) is 24.0 Å². The van der Waals surface area contributed by atoms with Gasteiger partial charge in [-0.25, -0.2) is 8.42 Å². The summed E-state index contributed by atoms with van der Waals surface area (Å²) in [5.41, 5.74) is 1.32. The molecule has 2 aliphatic heterocycles. The summed E-state index contributed by atoms with van der Waals surface area (Å²) in [6.45, 7) is 2.56. The highest BCUT2D eigenvalue weighted by Crippen LogP contribution is 2.28. The smallest absolute Gasteiger partial charge is 0.193 e. The molecule has 0 amide bonds. The molecule has 2 atom stereocenters. The zero-order valence-electron chi connectivity index (χ0n) is 14.9. The highest BCUT2D eigenvalue weighted by molar-refractivity contribution is 7.91. The van der Waals surface area contributed by atoms with Crippen LogP contribution >= 0.6 is 0 Å². The molecule has 2 unspecified atom stereocenters. The number of guanidine groups is 1. The van der Waals surface area contributed by atoms with Crippen molar-refractivity contribution in [2.24, 2.45) is 10.9 Å². The molecule has 2 heterocycles. The van der Waals surface area contributed by atoms with Gasteiger partial charge in [0.1, 0.15) is 5.75 Å². The largest absolute Gasteiger partial charge is 0.497 e. The van der Waals surface area contributed by atoms with Crippen LogP contribution in [0.2, 0.25) is 0 Å². The average molecular weight is 365 g/mol. The molecule has 0 saturated carbocycles. The highest BCUT2D eigenvalue weighted by atomic mass is 32.2. The van der Waals surface area contributed by atoms with Crippen molar-refractivity contribution in [2.75, 3.05) is 45.3 Å². The third kappa shape index (κ3) is 4.45. The standard InChI is InChI=1S/C18H27N3O3S/c1-19-18(20-11-14-8-10-25(22,23)13-14)21-9-7-16(12-21)15-3-5-17(24-2)6-4-15/h3-6,14,16H,7-13H2,1-2H3,(H,19,20). The molecule has 1 aromatic rings. The Morgan fingerprint density at radius 3 is 2.68 bits per heavy atom. The Morgan fingerprint density at radius 1 is 1.32 bits per heavy atom. The SMILES string of the molecule is CN=C(NCC1CCS(=O)(=O)C1)N1CCC(c2ccc(OC)cc2)C1. The first-order valence-corrected chi connectivity index (χ1v) is 10.6. The second-order valence-corrected chi connectivity index (χ2v) is 9.13. The number of hydrogen-bond donors (Lipinski definition) is 1. The zero-order valence-corrected chi connectivity index (χ0v) is 15.8. The Labute approximate surface area is 150 Å². The molecule has 6 nitrogen and oxygen atoms in total. The maximum absolute atomic E-state index is 11.6. The van der Waals surface area contributed by atoms with E-state index >= 15 is 0 Å². The van der Waals surface area contributed by atoms with Crippen molar-refractivity contribution in [3.8, 4) is 5.75 Å². The molecule has 0 bridgehead atoms. The number of methoxy groups -OCH3 is 1. The van der Waals surface area contributed by atoms with Crippen LogP contribution in [0.15, 0.2) is 29.3 Å². The van der Waals surface area contributed by atoms with E-state index < -0.39 is 9.84 Å². The summed E-state index contributed by atoms with van der Waals surface area (Å²) < 4.78 is 28.4. The van der Waals surface area contributed by atoms with E-state index in [2.05, 4.69) is 27.3 Å². The predicted octanol–water partition coefficient (Wildman–Crippen LogP) is 1.49. The third-order valence-electron chi connectivity index (χ3n) is 5.16. The van der Waals surface area contributed by atoms with Gasteiger partial charge in [0, 0.05) is 32.6 Å². The maximum Gasteiger partial charge on any atom is 0.193 e. The van der Waals surface area contributed by atoms with Crippen LogP contribution in [0.25, 0.3) is 0 Å². The molecule has 0 aliphatic carbocycles. The van der Waals surface area contributed by atoms with Crippen LogP contribution in [-0.4, -0.2) is 64.6 Å². The van der Waals surface area contributed by atoms with E-state index in [1.165, 1.54) is 5.56 Å². The van der Waals surface area contributed by atoms with Gasteiger partial charge in [0.2, 0.25) is 0 Å². The molecule has 0 aromatic heterocycles. The van der Waals surface area contributed by atoms with Gasteiger partial charge in [-0.1, -0.05) is 12.1 Å². The highest BCUT2D eigenvalue weighted by Gasteiger charge is 2.29. The number of nitrogens with one attached hydrogen (secondary N) is 1. The number of rotatable bonds is 4. The molecule has 25 heavy (non-hydrogen) atoms. The molecule has 7 heteroatoms. The summed E-state index contributed by atoms with van der Waals surface area (Å²) in [5.74, 6) is 3.05. The second-order valence-electron chi connectivity index (χ2n) is 6.90. The van der Waals surface area contributed by atoms with E-state index in [1.807, 2.05) is 12.1 Å². The van der Waals surface area contributed by atoms with E-state index in [-0.39, 0.29) is 5.92 Å². The minimum Gasteiger partial charge on any atom is -0.497 e. The molecule has 3 rings (SSSR count). The third-order valence-corrected chi connectivity index (χ3v) is 7.00. The Kier molecular flexibility index (Phi) is 5.51. The van der Waals surface area contributed by atoms with Crippen molar-refractivity contribution in [3.63, 3.8) is 0 Å². The fourth-order valence-electron chi connectivity index (χ4n) is 3.70. The van der Waals surface area contributed by atoms with Gasteiger partial charge in [-0.2, -0.15) is 0 Å². The van der Waals surface area contributed by atoms with Crippen LogP contribution in [0.3, 0.4) is 0 Å². The summed E-state index contributed by atoms with van der Waals surface area (Å²) in [6.07, 6.45) is 1.84. The Hall–Kier alpha value is -1.76. The van der Waals surface area contributed by atoms with E-state index in [4.69, 9.17) is 4.74 Å². The van der Waals surface area contributed by atoms with Gasteiger partial charge in [-0.3, -0.25) is 4.99 Å². The number of sulfone groups is 1. The lowest BCUT2D eigenvalue weighted by Gasteiger charge is -2.23. The summed E-state index contributed by atoms with van der Waals surface area (Å²) in [4.78, 5) is 6.65. The van der Waals surface area contributed by atoms with E-state index in [1.54, 1.807) is 14.2 Å². The van der Waals surface area contributed by atoms with Gasteiger partial charge >= 0.3 is 0 Å². The predicted molar refractivity (Wildman–Crippen MR) is 100 cm³/mol. The maximum atomic E-state index is 11.6. The topological polar surface area (TPSA) is 71.0 Å².